The van der Waals surface area contributed by atoms with Crippen molar-refractivity contribution >= 4 is 5.78 Å². The first-order valence-corrected chi connectivity index (χ1v) is 6.78. The van der Waals surface area contributed by atoms with E-state index in [0.29, 0.717) is 11.7 Å². The van der Waals surface area contributed by atoms with Gasteiger partial charge < -0.3 is 0 Å². The van der Waals surface area contributed by atoms with Crippen LogP contribution >= 0.6 is 0 Å². The van der Waals surface area contributed by atoms with Gasteiger partial charge in [0.1, 0.15) is 5.78 Å². The van der Waals surface area contributed by atoms with Gasteiger partial charge in [0.15, 0.2) is 0 Å². The van der Waals surface area contributed by atoms with Gasteiger partial charge >= 0.3 is 0 Å². The van der Waals surface area contributed by atoms with Crippen molar-refractivity contribution in [2.24, 2.45) is 5.92 Å². The molecular weight excluding hydrogens is 208 g/mol. The molecule has 0 N–H and O–H groups in total. The molecule has 94 valence electrons. The zero-order valence-corrected chi connectivity index (χ0v) is 11.1. The lowest BCUT2D eigenvalue weighted by atomic mass is 10.1. The smallest absolute Gasteiger partial charge is 0.133 e. The molecule has 1 aromatic rings. The van der Waals surface area contributed by atoms with Crippen LogP contribution in [0.3, 0.4) is 0 Å². The highest BCUT2D eigenvalue weighted by Gasteiger charge is 2.16. The van der Waals surface area contributed by atoms with Crippen LogP contribution in [0.1, 0.15) is 51.5 Å². The summed E-state index contributed by atoms with van der Waals surface area (Å²) >= 11 is 0. The molecule has 0 spiro atoms. The minimum atomic E-state index is 0.451. The Hall–Kier alpha value is -1.11. The van der Waals surface area contributed by atoms with Gasteiger partial charge in [-0.25, -0.2) is 0 Å². The van der Waals surface area contributed by atoms with Gasteiger partial charge in [-0.1, -0.05) is 50.6 Å². The van der Waals surface area contributed by atoms with Gasteiger partial charge in [0, 0.05) is 12.8 Å². The number of ketones is 1. The molecule has 1 fully saturated rings. The molecule has 1 aliphatic rings. The molecule has 0 aromatic heterocycles. The third-order valence-electron chi connectivity index (χ3n) is 3.15. The summed E-state index contributed by atoms with van der Waals surface area (Å²) in [5.41, 5.74) is 1.46. The topological polar surface area (TPSA) is 17.1 Å². The van der Waals surface area contributed by atoms with Crippen LogP contribution in [-0.4, -0.2) is 5.78 Å². The van der Waals surface area contributed by atoms with Gasteiger partial charge in [0.2, 0.25) is 0 Å². The van der Waals surface area contributed by atoms with Gasteiger partial charge in [-0.15, -0.1) is 0 Å². The molecule has 0 aliphatic heterocycles. The molecule has 0 bridgehead atoms. The van der Waals surface area contributed by atoms with Crippen LogP contribution in [0.2, 0.25) is 0 Å². The van der Waals surface area contributed by atoms with Crippen LogP contribution in [0, 0.1) is 5.92 Å². The Morgan fingerprint density at radius 3 is 2.35 bits per heavy atom. The van der Waals surface area contributed by atoms with Gasteiger partial charge in [-0.2, -0.15) is 0 Å². The highest BCUT2D eigenvalue weighted by atomic mass is 16.1. The predicted molar refractivity (Wildman–Crippen MR) is 73.1 cm³/mol. The second-order valence-corrected chi connectivity index (χ2v) is 4.98. The maximum Gasteiger partial charge on any atom is 0.133 e. The van der Waals surface area contributed by atoms with E-state index in [9.17, 15) is 4.79 Å². The van der Waals surface area contributed by atoms with Gasteiger partial charge in [0.05, 0.1) is 0 Å². The molecular formula is C16H24O. The maximum absolute atomic E-state index is 10.5. The van der Waals surface area contributed by atoms with Gasteiger partial charge in [0.25, 0.3) is 0 Å². The summed E-state index contributed by atoms with van der Waals surface area (Å²) in [7, 11) is 0. The number of rotatable bonds is 3. The molecule has 1 saturated carbocycles. The molecule has 2 rings (SSSR count). The maximum atomic E-state index is 10.5. The van der Waals surface area contributed by atoms with Crippen molar-refractivity contribution in [1.29, 1.82) is 0 Å². The first kappa shape index (κ1) is 14.0. The van der Waals surface area contributed by atoms with Crippen LogP contribution in [-0.2, 0) is 11.2 Å². The lowest BCUT2D eigenvalue weighted by Crippen LogP contribution is -1.86. The van der Waals surface area contributed by atoms with E-state index in [0.717, 1.165) is 19.3 Å². The summed E-state index contributed by atoms with van der Waals surface area (Å²) in [5, 5.41) is 0. The monoisotopic (exact) mass is 232 g/mol. The standard InChI is InChI=1S/C10H14.C6H10O/c1-2-3-7-10-8-5-4-6-9-10;1-5-2-3-6(7)4-5/h4-6,8-9H,2-3,7H2,1H3;5H,2-4H2,1H3. The third kappa shape index (κ3) is 6.25. The highest BCUT2D eigenvalue weighted by molar-refractivity contribution is 5.80. The molecule has 1 aliphatic carbocycles. The fourth-order valence-corrected chi connectivity index (χ4v) is 2.03. The minimum absolute atomic E-state index is 0.451. The van der Waals surface area contributed by atoms with E-state index >= 15 is 0 Å². The highest BCUT2D eigenvalue weighted by Crippen LogP contribution is 2.19. The Morgan fingerprint density at radius 1 is 1.24 bits per heavy atom. The number of carbonyl (C=O) groups is 1. The Morgan fingerprint density at radius 2 is 1.94 bits per heavy atom. The van der Waals surface area contributed by atoms with Crippen molar-refractivity contribution in [3.63, 3.8) is 0 Å². The summed E-state index contributed by atoms with van der Waals surface area (Å²) in [6.07, 6.45) is 6.62. The lowest BCUT2D eigenvalue weighted by molar-refractivity contribution is -0.117. The van der Waals surface area contributed by atoms with Crippen molar-refractivity contribution < 1.29 is 4.79 Å². The van der Waals surface area contributed by atoms with E-state index < -0.39 is 0 Å². The molecule has 1 unspecified atom stereocenters. The number of hydrogen-bond donors (Lipinski definition) is 0. The number of hydrogen-bond acceptors (Lipinski definition) is 1. The van der Waals surface area contributed by atoms with Crippen LogP contribution in [0.15, 0.2) is 30.3 Å². The zero-order chi connectivity index (χ0) is 12.5. The van der Waals surface area contributed by atoms with E-state index in [1.54, 1.807) is 0 Å². The Labute approximate surface area is 105 Å². The van der Waals surface area contributed by atoms with Crippen molar-refractivity contribution in [3.05, 3.63) is 35.9 Å². The van der Waals surface area contributed by atoms with Crippen LogP contribution in [0.4, 0.5) is 0 Å². The molecule has 1 aromatic carbocycles. The van der Waals surface area contributed by atoms with Crippen molar-refractivity contribution in [1.82, 2.24) is 0 Å². The Kier molecular flexibility index (Phi) is 6.61. The molecule has 0 amide bonds. The zero-order valence-electron chi connectivity index (χ0n) is 11.1. The number of benzene rings is 1. The summed E-state index contributed by atoms with van der Waals surface area (Å²) in [4.78, 5) is 10.5. The summed E-state index contributed by atoms with van der Waals surface area (Å²) in [5.74, 6) is 1.12. The molecule has 0 saturated heterocycles. The first-order chi connectivity index (χ1) is 8.22. The number of Topliss-reactive ketones (excluding diaryl/α,β-unsaturated/α-hetero) is 1. The fraction of sp³-hybridized carbons (Fsp3) is 0.562. The van der Waals surface area contributed by atoms with E-state index in [2.05, 4.69) is 44.2 Å². The third-order valence-corrected chi connectivity index (χ3v) is 3.15. The minimum Gasteiger partial charge on any atom is -0.300 e. The molecule has 0 heterocycles. The van der Waals surface area contributed by atoms with E-state index in [4.69, 9.17) is 0 Å². The second-order valence-electron chi connectivity index (χ2n) is 4.98. The average Bonchev–Trinajstić information content (AvgIpc) is 2.73. The van der Waals surface area contributed by atoms with Crippen LogP contribution < -0.4 is 0 Å². The van der Waals surface area contributed by atoms with Crippen molar-refractivity contribution in [3.8, 4) is 0 Å². The quantitative estimate of drug-likeness (QED) is 0.754. The van der Waals surface area contributed by atoms with Crippen LogP contribution in [0.5, 0.6) is 0 Å². The summed E-state index contributed by atoms with van der Waals surface area (Å²) < 4.78 is 0. The number of carbonyl (C=O) groups excluding carboxylic acids is 1. The first-order valence-electron chi connectivity index (χ1n) is 6.78. The normalized spacial score (nSPS) is 18.7. The number of unbranched alkanes of at least 4 members (excludes halogenated alkanes) is 1. The van der Waals surface area contributed by atoms with E-state index in [1.807, 2.05) is 0 Å². The SMILES string of the molecule is CC1CCC(=O)C1.CCCCc1ccccc1. The molecule has 17 heavy (non-hydrogen) atoms. The fourth-order valence-electron chi connectivity index (χ4n) is 2.03. The van der Waals surface area contributed by atoms with E-state index in [-0.39, 0.29) is 0 Å². The summed E-state index contributed by atoms with van der Waals surface area (Å²) in [6.45, 7) is 4.36. The lowest BCUT2D eigenvalue weighted by Gasteiger charge is -1.96. The largest absolute Gasteiger partial charge is 0.300 e. The second kappa shape index (κ2) is 8.05. The molecule has 0 radical (unpaired) electrons. The van der Waals surface area contributed by atoms with Crippen LogP contribution in [0.25, 0.3) is 0 Å². The summed E-state index contributed by atoms with van der Waals surface area (Å²) in [6, 6.07) is 10.6. The van der Waals surface area contributed by atoms with Crippen molar-refractivity contribution in [2.45, 2.75) is 52.4 Å². The Balaban J connectivity index is 0.000000181. The number of aryl methyl sites for hydroxylation is 1. The van der Waals surface area contributed by atoms with E-state index in [1.165, 1.54) is 24.8 Å². The molecule has 1 heteroatoms. The molecule has 1 atom stereocenters. The Bertz CT molecular complexity index is 316. The molecule has 1 nitrogen and oxygen atoms in total. The predicted octanol–water partition coefficient (Wildman–Crippen LogP) is 4.40. The van der Waals surface area contributed by atoms with Crippen molar-refractivity contribution in [2.75, 3.05) is 0 Å². The van der Waals surface area contributed by atoms with Gasteiger partial charge in [-0.05, 0) is 30.7 Å². The average molecular weight is 232 g/mol. The van der Waals surface area contributed by atoms with Gasteiger partial charge in [-0.3, -0.25) is 4.79 Å².